The summed E-state index contributed by atoms with van der Waals surface area (Å²) in [5, 5.41) is 2.54. The molecule has 0 bridgehead atoms. The zero-order valence-corrected chi connectivity index (χ0v) is 42.0. The Bertz CT molecular complexity index is 4200. The van der Waals surface area contributed by atoms with Crippen molar-refractivity contribution in [3.05, 3.63) is 287 Å². The van der Waals surface area contributed by atoms with Crippen LogP contribution in [0.15, 0.2) is 243 Å². The van der Waals surface area contributed by atoms with Gasteiger partial charge in [-0.05, 0) is 163 Å². The summed E-state index contributed by atoms with van der Waals surface area (Å²) in [6.07, 6.45) is 0. The van der Waals surface area contributed by atoms with Crippen LogP contribution < -0.4 is 4.90 Å². The number of para-hydroxylation sites is 3. The Labute approximate surface area is 433 Å². The molecule has 0 unspecified atom stereocenters. The first-order valence-corrected chi connectivity index (χ1v) is 26.1. The van der Waals surface area contributed by atoms with Crippen LogP contribution in [-0.4, -0.2) is 4.57 Å². The standard InChI is InChI=1S/C72H52N2/c1-45-18-17-28-63-68(45)69-46(2)32-42-59(70(69)72(63)61-26-12-6-20-53(61)54-21-7-13-27-62(54)72)58-24-10-14-29-65(58)73(51-41-43-55-52-19-5-11-25-60(52)71(3,4)64(55)44-51)49-37-33-47(34-38-49)48-35-39-50(40-36-48)74-66-30-15-8-22-56(66)57-23-9-16-31-67(57)74/h5-44H,1-4H3. The molecule has 3 aliphatic carbocycles. The van der Waals surface area contributed by atoms with Crippen LogP contribution in [0.1, 0.15) is 58.4 Å². The molecule has 0 amide bonds. The Morgan fingerprint density at radius 1 is 0.351 bits per heavy atom. The Balaban J connectivity index is 0.921. The predicted octanol–water partition coefficient (Wildman–Crippen LogP) is 18.9. The summed E-state index contributed by atoms with van der Waals surface area (Å²) in [7, 11) is 0. The van der Waals surface area contributed by atoms with E-state index < -0.39 is 5.41 Å². The highest BCUT2D eigenvalue weighted by Crippen LogP contribution is 2.66. The molecule has 3 aliphatic rings. The molecule has 350 valence electrons. The zero-order valence-electron chi connectivity index (χ0n) is 42.0. The normalized spacial score (nSPS) is 13.9. The lowest BCUT2D eigenvalue weighted by molar-refractivity contribution is 0.660. The van der Waals surface area contributed by atoms with E-state index in [1.54, 1.807) is 0 Å². The van der Waals surface area contributed by atoms with Crippen LogP contribution in [0.2, 0.25) is 0 Å². The molecule has 15 rings (SSSR count). The maximum atomic E-state index is 2.52. The molecule has 2 heteroatoms. The van der Waals surface area contributed by atoms with Crippen molar-refractivity contribution in [1.82, 2.24) is 4.57 Å². The second kappa shape index (κ2) is 15.8. The lowest BCUT2D eigenvalue weighted by Gasteiger charge is -2.34. The van der Waals surface area contributed by atoms with E-state index in [0.29, 0.717) is 0 Å². The number of rotatable bonds is 6. The fourth-order valence-corrected chi connectivity index (χ4v) is 13.8. The zero-order chi connectivity index (χ0) is 49.5. The molecule has 0 atom stereocenters. The van der Waals surface area contributed by atoms with Gasteiger partial charge in [-0.1, -0.05) is 202 Å². The lowest BCUT2D eigenvalue weighted by atomic mass is 9.68. The summed E-state index contributed by atoms with van der Waals surface area (Å²) in [5.74, 6) is 0. The molecule has 0 N–H and O–H groups in total. The number of hydrogen-bond donors (Lipinski definition) is 0. The summed E-state index contributed by atoms with van der Waals surface area (Å²) < 4.78 is 2.39. The van der Waals surface area contributed by atoms with Crippen LogP contribution >= 0.6 is 0 Å². The van der Waals surface area contributed by atoms with E-state index in [0.717, 1.165) is 22.7 Å². The SMILES string of the molecule is Cc1cccc2c1-c1c(C)ccc(-c3ccccc3N(c3ccc(-c4ccc(-n5c6ccccc6c6ccccc65)cc4)cc3)c3ccc4c(c3)C(C)(C)c3ccccc3-4)c1C21c2ccccc2-c2ccccc21. The van der Waals surface area contributed by atoms with Crippen molar-refractivity contribution in [3.8, 4) is 61.3 Å². The van der Waals surface area contributed by atoms with Crippen molar-refractivity contribution >= 4 is 38.9 Å². The highest BCUT2D eigenvalue weighted by molar-refractivity contribution is 6.09. The Morgan fingerprint density at radius 2 is 0.838 bits per heavy atom. The van der Waals surface area contributed by atoms with Crippen molar-refractivity contribution in [2.24, 2.45) is 0 Å². The minimum absolute atomic E-state index is 0.167. The van der Waals surface area contributed by atoms with Crippen LogP contribution in [0.4, 0.5) is 17.1 Å². The van der Waals surface area contributed by atoms with Crippen LogP contribution in [0.3, 0.4) is 0 Å². The molecule has 11 aromatic carbocycles. The molecule has 2 nitrogen and oxygen atoms in total. The maximum Gasteiger partial charge on any atom is 0.0731 e. The molecule has 1 spiro atoms. The Hall–Kier alpha value is -8.98. The summed E-state index contributed by atoms with van der Waals surface area (Å²) in [5.41, 5.74) is 29.8. The van der Waals surface area contributed by atoms with Gasteiger partial charge in [-0.15, -0.1) is 0 Å². The molecule has 0 aliphatic heterocycles. The molecule has 1 aromatic heterocycles. The number of anilines is 3. The topological polar surface area (TPSA) is 8.17 Å². The van der Waals surface area contributed by atoms with E-state index in [9.17, 15) is 0 Å². The van der Waals surface area contributed by atoms with Gasteiger partial charge in [0.1, 0.15) is 0 Å². The molecule has 0 saturated carbocycles. The minimum Gasteiger partial charge on any atom is -0.310 e. The van der Waals surface area contributed by atoms with Crippen LogP contribution in [0, 0.1) is 13.8 Å². The fourth-order valence-electron chi connectivity index (χ4n) is 13.8. The molecular weight excluding hydrogens is 893 g/mol. The third-order valence-electron chi connectivity index (χ3n) is 17.1. The van der Waals surface area contributed by atoms with Crippen molar-refractivity contribution < 1.29 is 0 Å². The highest BCUT2D eigenvalue weighted by atomic mass is 15.1. The van der Waals surface area contributed by atoms with Crippen molar-refractivity contribution in [2.75, 3.05) is 4.90 Å². The molecule has 0 saturated heterocycles. The van der Waals surface area contributed by atoms with Gasteiger partial charge < -0.3 is 9.47 Å². The molecular formula is C72H52N2. The summed E-state index contributed by atoms with van der Waals surface area (Å²) in [4.78, 5) is 2.52. The second-order valence-corrected chi connectivity index (χ2v) is 21.2. The number of benzene rings is 11. The smallest absolute Gasteiger partial charge is 0.0731 e. The predicted molar refractivity (Wildman–Crippen MR) is 310 cm³/mol. The third kappa shape index (κ3) is 5.77. The maximum absolute atomic E-state index is 2.52. The largest absolute Gasteiger partial charge is 0.310 e. The number of hydrogen-bond acceptors (Lipinski definition) is 1. The number of aryl methyl sites for hydroxylation is 2. The van der Waals surface area contributed by atoms with E-state index in [1.807, 2.05) is 0 Å². The van der Waals surface area contributed by atoms with Crippen LogP contribution in [0.25, 0.3) is 83.1 Å². The van der Waals surface area contributed by atoms with Crippen LogP contribution in [-0.2, 0) is 10.8 Å². The first-order chi connectivity index (χ1) is 36.3. The van der Waals surface area contributed by atoms with E-state index in [1.165, 1.54) is 122 Å². The van der Waals surface area contributed by atoms with Gasteiger partial charge >= 0.3 is 0 Å². The van der Waals surface area contributed by atoms with Crippen molar-refractivity contribution in [2.45, 2.75) is 38.5 Å². The van der Waals surface area contributed by atoms with Gasteiger partial charge in [0.2, 0.25) is 0 Å². The van der Waals surface area contributed by atoms with Gasteiger partial charge in [-0.2, -0.15) is 0 Å². The first kappa shape index (κ1) is 42.7. The number of aromatic nitrogens is 1. The van der Waals surface area contributed by atoms with Crippen LogP contribution in [0.5, 0.6) is 0 Å². The minimum atomic E-state index is -0.509. The molecule has 0 radical (unpaired) electrons. The monoisotopic (exact) mass is 944 g/mol. The van der Waals surface area contributed by atoms with Gasteiger partial charge in [-0.25, -0.2) is 0 Å². The first-order valence-electron chi connectivity index (χ1n) is 26.1. The van der Waals surface area contributed by atoms with Gasteiger partial charge in [-0.3, -0.25) is 0 Å². The van der Waals surface area contributed by atoms with E-state index >= 15 is 0 Å². The average molecular weight is 945 g/mol. The Kier molecular flexibility index (Phi) is 9.09. The average Bonchev–Trinajstić information content (AvgIpc) is 4.15. The summed E-state index contributed by atoms with van der Waals surface area (Å²) >= 11 is 0. The van der Waals surface area contributed by atoms with E-state index in [-0.39, 0.29) is 5.41 Å². The van der Waals surface area contributed by atoms with E-state index in [2.05, 4.69) is 280 Å². The Morgan fingerprint density at radius 3 is 1.50 bits per heavy atom. The number of nitrogens with zero attached hydrogens (tertiary/aromatic N) is 2. The van der Waals surface area contributed by atoms with Gasteiger partial charge in [0.05, 0.1) is 22.1 Å². The van der Waals surface area contributed by atoms with Gasteiger partial charge in [0.15, 0.2) is 0 Å². The summed E-state index contributed by atoms with van der Waals surface area (Å²) in [6, 6.07) is 91.2. The van der Waals surface area contributed by atoms with E-state index in [4.69, 9.17) is 0 Å². The third-order valence-corrected chi connectivity index (χ3v) is 17.1. The second-order valence-electron chi connectivity index (χ2n) is 21.2. The molecule has 12 aromatic rings. The van der Waals surface area contributed by atoms with Gasteiger partial charge in [0, 0.05) is 38.8 Å². The molecule has 1 heterocycles. The number of fused-ring (bicyclic) bond motifs is 16. The summed E-state index contributed by atoms with van der Waals surface area (Å²) in [6.45, 7) is 9.38. The molecule has 0 fully saturated rings. The fraction of sp³-hybridized carbons (Fsp3) is 0.0833. The van der Waals surface area contributed by atoms with Gasteiger partial charge in [0.25, 0.3) is 0 Å². The highest BCUT2D eigenvalue weighted by Gasteiger charge is 2.53. The molecule has 74 heavy (non-hydrogen) atoms. The van der Waals surface area contributed by atoms with Crippen molar-refractivity contribution in [1.29, 1.82) is 0 Å². The van der Waals surface area contributed by atoms with Crippen molar-refractivity contribution in [3.63, 3.8) is 0 Å². The lowest BCUT2D eigenvalue weighted by Crippen LogP contribution is -2.27. The quantitative estimate of drug-likeness (QED) is 0.161.